The molecule has 5 nitrogen and oxygen atoms in total. The molecule has 3 aromatic rings. The fraction of sp³-hybridized carbons (Fsp3) is 0.231. The molecule has 2 aromatic heterocycles. The third-order valence-corrected chi connectivity index (χ3v) is 3.16. The smallest absolute Gasteiger partial charge is 0.201 e. The number of nitrogen functional groups attached to an aromatic ring is 1. The van der Waals surface area contributed by atoms with Gasteiger partial charge in [0.1, 0.15) is 11.3 Å². The molecule has 0 aliphatic carbocycles. The van der Waals surface area contributed by atoms with E-state index in [4.69, 9.17) is 5.73 Å². The lowest BCUT2D eigenvalue weighted by Gasteiger charge is -2.07. The quantitative estimate of drug-likeness (QED) is 0.795. The van der Waals surface area contributed by atoms with Crippen LogP contribution in [0.5, 0.6) is 0 Å². The van der Waals surface area contributed by atoms with E-state index in [9.17, 15) is 8.78 Å². The number of aromatic nitrogens is 4. The SMILES string of the molecule is Nc1nc2c(F)cc(F)cc2n1CCCn1ccnc1. The van der Waals surface area contributed by atoms with E-state index in [1.807, 2.05) is 10.8 Å². The van der Waals surface area contributed by atoms with Crippen LogP contribution in [0.2, 0.25) is 0 Å². The van der Waals surface area contributed by atoms with Crippen LogP contribution in [0.15, 0.2) is 30.9 Å². The minimum atomic E-state index is -0.694. The van der Waals surface area contributed by atoms with Gasteiger partial charge in [-0.05, 0) is 6.42 Å². The number of nitrogens with zero attached hydrogens (tertiary/aromatic N) is 4. The van der Waals surface area contributed by atoms with Gasteiger partial charge in [-0.3, -0.25) is 0 Å². The molecule has 3 rings (SSSR count). The molecule has 104 valence electrons. The van der Waals surface area contributed by atoms with E-state index in [2.05, 4.69) is 9.97 Å². The highest BCUT2D eigenvalue weighted by Crippen LogP contribution is 2.22. The molecule has 0 aliphatic rings. The summed E-state index contributed by atoms with van der Waals surface area (Å²) in [5, 5.41) is 0. The molecule has 20 heavy (non-hydrogen) atoms. The summed E-state index contributed by atoms with van der Waals surface area (Å²) in [7, 11) is 0. The van der Waals surface area contributed by atoms with Crippen molar-refractivity contribution in [2.24, 2.45) is 0 Å². The van der Waals surface area contributed by atoms with E-state index < -0.39 is 11.6 Å². The first-order valence-electron chi connectivity index (χ1n) is 6.21. The Hall–Kier alpha value is -2.44. The molecule has 7 heteroatoms. The van der Waals surface area contributed by atoms with Gasteiger partial charge in [-0.25, -0.2) is 18.7 Å². The molecule has 0 aliphatic heterocycles. The zero-order chi connectivity index (χ0) is 14.1. The lowest BCUT2D eigenvalue weighted by Crippen LogP contribution is -2.06. The Bertz CT molecular complexity index is 733. The van der Waals surface area contributed by atoms with Gasteiger partial charge in [0.15, 0.2) is 5.82 Å². The van der Waals surface area contributed by atoms with E-state index in [0.29, 0.717) is 12.1 Å². The number of halogens is 2. The molecule has 0 fully saturated rings. The molecule has 1 aromatic carbocycles. The number of nitrogens with two attached hydrogens (primary N) is 1. The predicted octanol–water partition coefficient (Wildman–Crippen LogP) is 2.18. The van der Waals surface area contributed by atoms with Gasteiger partial charge in [-0.15, -0.1) is 0 Å². The number of rotatable bonds is 4. The second-order valence-electron chi connectivity index (χ2n) is 4.53. The first kappa shape index (κ1) is 12.6. The summed E-state index contributed by atoms with van der Waals surface area (Å²) < 4.78 is 30.5. The van der Waals surface area contributed by atoms with Gasteiger partial charge in [0.05, 0.1) is 11.8 Å². The van der Waals surface area contributed by atoms with Crippen molar-refractivity contribution in [3.8, 4) is 0 Å². The predicted molar refractivity (Wildman–Crippen MR) is 70.9 cm³/mol. The summed E-state index contributed by atoms with van der Waals surface area (Å²) in [6, 6.07) is 2.06. The minimum absolute atomic E-state index is 0.103. The number of hydrogen-bond donors (Lipinski definition) is 1. The Labute approximate surface area is 113 Å². The summed E-state index contributed by atoms with van der Waals surface area (Å²) in [5.41, 5.74) is 6.26. The standard InChI is InChI=1S/C13H13F2N5/c14-9-6-10(15)12-11(7-9)20(13(16)18-12)4-1-3-19-5-2-17-8-19/h2,5-8H,1,3-4H2,(H2,16,18). The second kappa shape index (κ2) is 4.92. The van der Waals surface area contributed by atoms with E-state index in [-0.39, 0.29) is 11.5 Å². The molecule has 0 unspecified atom stereocenters. The highest BCUT2D eigenvalue weighted by molar-refractivity contribution is 5.79. The summed E-state index contributed by atoms with van der Waals surface area (Å²) in [6.45, 7) is 1.28. The van der Waals surface area contributed by atoms with Crippen LogP contribution in [0.25, 0.3) is 11.0 Å². The summed E-state index contributed by atoms with van der Waals surface area (Å²) in [4.78, 5) is 7.90. The van der Waals surface area contributed by atoms with Crippen LogP contribution in [0.3, 0.4) is 0 Å². The third kappa shape index (κ3) is 2.22. The fourth-order valence-corrected chi connectivity index (χ4v) is 2.23. The molecule has 2 N–H and O–H groups in total. The first-order valence-corrected chi connectivity index (χ1v) is 6.21. The second-order valence-corrected chi connectivity index (χ2v) is 4.53. The van der Waals surface area contributed by atoms with Gasteiger partial charge < -0.3 is 14.9 Å². The number of hydrogen-bond acceptors (Lipinski definition) is 3. The molecular formula is C13H13F2N5. The topological polar surface area (TPSA) is 61.7 Å². The van der Waals surface area contributed by atoms with Crippen LogP contribution < -0.4 is 5.73 Å². The van der Waals surface area contributed by atoms with Crippen LogP contribution >= 0.6 is 0 Å². The highest BCUT2D eigenvalue weighted by Gasteiger charge is 2.13. The van der Waals surface area contributed by atoms with Gasteiger partial charge in [0.25, 0.3) is 0 Å². The molecule has 0 saturated carbocycles. The van der Waals surface area contributed by atoms with Crippen LogP contribution in [-0.4, -0.2) is 19.1 Å². The number of fused-ring (bicyclic) bond motifs is 1. The average molecular weight is 277 g/mol. The lowest BCUT2D eigenvalue weighted by atomic mass is 10.3. The Morgan fingerprint density at radius 1 is 1.20 bits per heavy atom. The number of benzene rings is 1. The summed E-state index contributed by atoms with van der Waals surface area (Å²) in [6.07, 6.45) is 6.03. The average Bonchev–Trinajstić information content (AvgIpc) is 3.00. The van der Waals surface area contributed by atoms with E-state index in [1.54, 1.807) is 17.1 Å². The van der Waals surface area contributed by atoms with Crippen LogP contribution in [0.4, 0.5) is 14.7 Å². The van der Waals surface area contributed by atoms with Crippen molar-refractivity contribution in [2.75, 3.05) is 5.73 Å². The summed E-state index contributed by atoms with van der Waals surface area (Å²) >= 11 is 0. The third-order valence-electron chi connectivity index (χ3n) is 3.16. The fourth-order valence-electron chi connectivity index (χ4n) is 2.23. The van der Waals surface area contributed by atoms with Gasteiger partial charge >= 0.3 is 0 Å². The van der Waals surface area contributed by atoms with E-state index >= 15 is 0 Å². The molecule has 0 spiro atoms. The van der Waals surface area contributed by atoms with Crippen LogP contribution in [0.1, 0.15) is 6.42 Å². The van der Waals surface area contributed by atoms with Gasteiger partial charge in [0.2, 0.25) is 5.95 Å². The van der Waals surface area contributed by atoms with Crippen molar-refractivity contribution in [1.29, 1.82) is 0 Å². The van der Waals surface area contributed by atoms with Gasteiger partial charge in [-0.2, -0.15) is 0 Å². The Kier molecular flexibility index (Phi) is 3.09. The Morgan fingerprint density at radius 3 is 2.80 bits per heavy atom. The Morgan fingerprint density at radius 2 is 2.05 bits per heavy atom. The maximum atomic E-state index is 13.6. The monoisotopic (exact) mass is 277 g/mol. The van der Waals surface area contributed by atoms with Crippen molar-refractivity contribution in [3.63, 3.8) is 0 Å². The minimum Gasteiger partial charge on any atom is -0.369 e. The van der Waals surface area contributed by atoms with Crippen molar-refractivity contribution in [3.05, 3.63) is 42.5 Å². The molecule has 0 bridgehead atoms. The zero-order valence-corrected chi connectivity index (χ0v) is 10.6. The van der Waals surface area contributed by atoms with Crippen LogP contribution in [0, 0.1) is 11.6 Å². The molecule has 0 radical (unpaired) electrons. The van der Waals surface area contributed by atoms with Crippen molar-refractivity contribution >= 4 is 17.0 Å². The number of aryl methyl sites for hydroxylation is 2. The molecule has 0 saturated heterocycles. The molecule has 0 amide bonds. The maximum Gasteiger partial charge on any atom is 0.201 e. The highest BCUT2D eigenvalue weighted by atomic mass is 19.1. The normalized spacial score (nSPS) is 11.3. The van der Waals surface area contributed by atoms with Crippen molar-refractivity contribution < 1.29 is 8.78 Å². The largest absolute Gasteiger partial charge is 0.369 e. The van der Waals surface area contributed by atoms with Gasteiger partial charge in [0, 0.05) is 37.6 Å². The lowest BCUT2D eigenvalue weighted by molar-refractivity contribution is 0.571. The molecular weight excluding hydrogens is 264 g/mol. The molecule has 2 heterocycles. The molecule has 0 atom stereocenters. The Balaban J connectivity index is 1.85. The van der Waals surface area contributed by atoms with Gasteiger partial charge in [-0.1, -0.05) is 0 Å². The first-order chi connectivity index (χ1) is 9.65. The van der Waals surface area contributed by atoms with Crippen molar-refractivity contribution in [2.45, 2.75) is 19.5 Å². The maximum absolute atomic E-state index is 13.6. The zero-order valence-electron chi connectivity index (χ0n) is 10.6. The number of anilines is 1. The summed E-state index contributed by atoms with van der Waals surface area (Å²) in [5.74, 6) is -1.14. The van der Waals surface area contributed by atoms with Crippen LogP contribution in [-0.2, 0) is 13.1 Å². The number of imidazole rings is 2. The van der Waals surface area contributed by atoms with E-state index in [0.717, 1.165) is 19.0 Å². The van der Waals surface area contributed by atoms with E-state index in [1.165, 1.54) is 6.07 Å². The van der Waals surface area contributed by atoms with Crippen molar-refractivity contribution in [1.82, 2.24) is 19.1 Å².